The highest BCUT2D eigenvalue weighted by atomic mass is 16.2. The summed E-state index contributed by atoms with van der Waals surface area (Å²) in [6.45, 7) is 10.8. The highest BCUT2D eigenvalue weighted by Gasteiger charge is 2.23. The van der Waals surface area contributed by atoms with Gasteiger partial charge in [-0.2, -0.15) is 0 Å². The van der Waals surface area contributed by atoms with Crippen molar-refractivity contribution in [3.8, 4) is 0 Å². The molecule has 0 spiro atoms. The Morgan fingerprint density at radius 3 is 2.25 bits per heavy atom. The van der Waals surface area contributed by atoms with E-state index in [-0.39, 0.29) is 23.3 Å². The number of hydrogen-bond donors (Lipinski definition) is 3. The van der Waals surface area contributed by atoms with E-state index in [4.69, 9.17) is 0 Å². The Hall–Kier alpha value is -1.88. The molecule has 3 N–H and O–H groups in total. The standard InChI is InChI=1S/C19H29N3O2/c1-13-9-10-20-11-16(13)22-18(24)15-7-5-14(6-8-15)17(23)21-12-19(2,3)4/h5-8,13,16,20H,9-12H2,1-4H3,(H,21,23)(H,22,24). The van der Waals surface area contributed by atoms with Crippen LogP contribution in [0, 0.1) is 11.3 Å². The third kappa shape index (κ3) is 5.34. The van der Waals surface area contributed by atoms with Gasteiger partial charge in [-0.1, -0.05) is 27.7 Å². The zero-order chi connectivity index (χ0) is 17.7. The molecule has 1 saturated heterocycles. The van der Waals surface area contributed by atoms with Gasteiger partial charge in [-0.15, -0.1) is 0 Å². The number of rotatable bonds is 4. The molecular weight excluding hydrogens is 302 g/mol. The molecule has 1 heterocycles. The van der Waals surface area contributed by atoms with Gasteiger partial charge in [0, 0.05) is 30.3 Å². The lowest BCUT2D eigenvalue weighted by atomic mass is 9.94. The summed E-state index contributed by atoms with van der Waals surface area (Å²) < 4.78 is 0. The van der Waals surface area contributed by atoms with E-state index >= 15 is 0 Å². The van der Waals surface area contributed by atoms with E-state index in [2.05, 4.69) is 43.6 Å². The monoisotopic (exact) mass is 331 g/mol. The van der Waals surface area contributed by atoms with Crippen molar-refractivity contribution in [2.75, 3.05) is 19.6 Å². The smallest absolute Gasteiger partial charge is 0.251 e. The minimum absolute atomic E-state index is 0.0419. The van der Waals surface area contributed by atoms with Crippen LogP contribution in [0.3, 0.4) is 0 Å². The summed E-state index contributed by atoms with van der Waals surface area (Å²) in [5.41, 5.74) is 1.20. The minimum atomic E-state index is -0.109. The van der Waals surface area contributed by atoms with Crippen LogP contribution in [-0.2, 0) is 0 Å². The van der Waals surface area contributed by atoms with Crippen molar-refractivity contribution in [1.82, 2.24) is 16.0 Å². The lowest BCUT2D eigenvalue weighted by molar-refractivity contribution is 0.0910. The molecule has 1 aliphatic heterocycles. The minimum Gasteiger partial charge on any atom is -0.352 e. The second kappa shape index (κ2) is 7.79. The SMILES string of the molecule is CC1CCNCC1NC(=O)c1ccc(C(=O)NCC(C)(C)C)cc1. The number of hydrogen-bond acceptors (Lipinski definition) is 3. The fraction of sp³-hybridized carbons (Fsp3) is 0.579. The first-order chi connectivity index (χ1) is 11.3. The van der Waals surface area contributed by atoms with Gasteiger partial charge in [-0.05, 0) is 48.6 Å². The molecule has 0 aliphatic carbocycles. The number of carbonyl (C=O) groups is 2. The molecule has 2 rings (SSSR count). The molecule has 0 aromatic heterocycles. The van der Waals surface area contributed by atoms with Crippen LogP contribution in [-0.4, -0.2) is 37.5 Å². The van der Waals surface area contributed by atoms with E-state index in [9.17, 15) is 9.59 Å². The maximum Gasteiger partial charge on any atom is 0.251 e. The molecule has 1 aliphatic rings. The summed E-state index contributed by atoms with van der Waals surface area (Å²) in [4.78, 5) is 24.5. The van der Waals surface area contributed by atoms with E-state index in [1.807, 2.05) is 0 Å². The zero-order valence-corrected chi connectivity index (χ0v) is 15.1. The molecule has 5 nitrogen and oxygen atoms in total. The summed E-state index contributed by atoms with van der Waals surface area (Å²) in [6.07, 6.45) is 1.07. The summed E-state index contributed by atoms with van der Waals surface area (Å²) >= 11 is 0. The Morgan fingerprint density at radius 1 is 1.12 bits per heavy atom. The maximum absolute atomic E-state index is 12.4. The van der Waals surface area contributed by atoms with E-state index < -0.39 is 0 Å². The van der Waals surface area contributed by atoms with Crippen LogP contribution in [0.2, 0.25) is 0 Å². The fourth-order valence-electron chi connectivity index (χ4n) is 2.66. The highest BCUT2D eigenvalue weighted by Crippen LogP contribution is 2.13. The first kappa shape index (κ1) is 18.5. The van der Waals surface area contributed by atoms with Crippen LogP contribution in [0.4, 0.5) is 0 Å². The second-order valence-corrected chi connectivity index (χ2v) is 7.87. The molecule has 0 bridgehead atoms. The largest absolute Gasteiger partial charge is 0.352 e. The van der Waals surface area contributed by atoms with Crippen molar-refractivity contribution < 1.29 is 9.59 Å². The number of nitrogens with one attached hydrogen (secondary N) is 3. The first-order valence-corrected chi connectivity index (χ1v) is 8.66. The van der Waals surface area contributed by atoms with Crippen molar-refractivity contribution in [2.24, 2.45) is 11.3 Å². The Labute approximate surface area is 144 Å². The van der Waals surface area contributed by atoms with Gasteiger partial charge < -0.3 is 16.0 Å². The predicted molar refractivity (Wildman–Crippen MR) is 96.1 cm³/mol. The number of carbonyl (C=O) groups excluding carboxylic acids is 2. The molecule has 2 amide bonds. The molecule has 0 saturated carbocycles. The van der Waals surface area contributed by atoms with Gasteiger partial charge >= 0.3 is 0 Å². The maximum atomic E-state index is 12.4. The summed E-state index contributed by atoms with van der Waals surface area (Å²) in [7, 11) is 0. The molecule has 2 atom stereocenters. The van der Waals surface area contributed by atoms with Crippen LogP contribution in [0.15, 0.2) is 24.3 Å². The molecule has 5 heteroatoms. The third-order valence-corrected chi connectivity index (χ3v) is 4.33. The number of piperidine rings is 1. The fourth-order valence-corrected chi connectivity index (χ4v) is 2.66. The van der Waals surface area contributed by atoms with Crippen molar-refractivity contribution in [3.63, 3.8) is 0 Å². The molecule has 24 heavy (non-hydrogen) atoms. The van der Waals surface area contributed by atoms with Crippen LogP contribution in [0.1, 0.15) is 54.8 Å². The Morgan fingerprint density at radius 2 is 1.71 bits per heavy atom. The summed E-state index contributed by atoms with van der Waals surface area (Å²) in [5.74, 6) is 0.275. The van der Waals surface area contributed by atoms with E-state index in [0.717, 1.165) is 19.5 Å². The Bertz CT molecular complexity index is 575. The molecule has 1 aromatic rings. The third-order valence-electron chi connectivity index (χ3n) is 4.33. The molecule has 1 fully saturated rings. The van der Waals surface area contributed by atoms with Gasteiger partial charge in [-0.25, -0.2) is 0 Å². The van der Waals surface area contributed by atoms with Gasteiger partial charge in [0.05, 0.1) is 0 Å². The molecule has 132 valence electrons. The van der Waals surface area contributed by atoms with Gasteiger partial charge in [-0.3, -0.25) is 9.59 Å². The predicted octanol–water partition coefficient (Wildman–Crippen LogP) is 2.19. The highest BCUT2D eigenvalue weighted by molar-refractivity contribution is 5.97. The van der Waals surface area contributed by atoms with E-state index in [0.29, 0.717) is 23.6 Å². The van der Waals surface area contributed by atoms with Crippen molar-refractivity contribution >= 4 is 11.8 Å². The first-order valence-electron chi connectivity index (χ1n) is 8.66. The average Bonchev–Trinajstić information content (AvgIpc) is 2.54. The lowest BCUT2D eigenvalue weighted by Crippen LogP contribution is -2.50. The quantitative estimate of drug-likeness (QED) is 0.792. The normalized spacial score (nSPS) is 21.2. The summed E-state index contributed by atoms with van der Waals surface area (Å²) in [5, 5.41) is 9.29. The number of benzene rings is 1. The molecular formula is C19H29N3O2. The van der Waals surface area contributed by atoms with Crippen LogP contribution in [0.5, 0.6) is 0 Å². The van der Waals surface area contributed by atoms with Crippen molar-refractivity contribution in [2.45, 2.75) is 40.2 Å². The summed E-state index contributed by atoms with van der Waals surface area (Å²) in [6, 6.07) is 6.98. The topological polar surface area (TPSA) is 70.2 Å². The number of amides is 2. The van der Waals surface area contributed by atoms with Crippen LogP contribution >= 0.6 is 0 Å². The Kier molecular flexibility index (Phi) is 5.99. The van der Waals surface area contributed by atoms with Crippen molar-refractivity contribution in [3.05, 3.63) is 35.4 Å². The van der Waals surface area contributed by atoms with E-state index in [1.165, 1.54) is 0 Å². The second-order valence-electron chi connectivity index (χ2n) is 7.87. The molecule has 0 radical (unpaired) electrons. The molecule has 2 unspecified atom stereocenters. The van der Waals surface area contributed by atoms with E-state index in [1.54, 1.807) is 24.3 Å². The van der Waals surface area contributed by atoms with Gasteiger partial charge in [0.2, 0.25) is 0 Å². The van der Waals surface area contributed by atoms with Crippen LogP contribution in [0.25, 0.3) is 0 Å². The average molecular weight is 331 g/mol. The lowest BCUT2D eigenvalue weighted by Gasteiger charge is -2.30. The zero-order valence-electron chi connectivity index (χ0n) is 15.1. The molecule has 1 aromatic carbocycles. The Balaban J connectivity index is 1.93. The van der Waals surface area contributed by atoms with Crippen LogP contribution < -0.4 is 16.0 Å². The van der Waals surface area contributed by atoms with Crippen molar-refractivity contribution in [1.29, 1.82) is 0 Å². The van der Waals surface area contributed by atoms with Gasteiger partial charge in [0.15, 0.2) is 0 Å². The van der Waals surface area contributed by atoms with Gasteiger partial charge in [0.1, 0.15) is 0 Å². The van der Waals surface area contributed by atoms with Gasteiger partial charge in [0.25, 0.3) is 11.8 Å².